The van der Waals surface area contributed by atoms with E-state index in [1.807, 2.05) is 61.5 Å². The number of hydrogen-bond acceptors (Lipinski definition) is 5. The van der Waals surface area contributed by atoms with E-state index in [0.717, 1.165) is 16.1 Å². The van der Waals surface area contributed by atoms with Crippen LogP contribution in [0.2, 0.25) is 0 Å². The zero-order valence-corrected chi connectivity index (χ0v) is 17.4. The molecule has 150 valence electrons. The van der Waals surface area contributed by atoms with E-state index in [-0.39, 0.29) is 17.5 Å². The minimum atomic E-state index is -0.383. The number of rotatable bonds is 6. The number of hydrogen-bond donors (Lipinski definition) is 1. The molecule has 0 fully saturated rings. The third-order valence-electron chi connectivity index (χ3n) is 4.74. The summed E-state index contributed by atoms with van der Waals surface area (Å²) in [5, 5.41) is 3.20. The number of imide groups is 1. The van der Waals surface area contributed by atoms with Gasteiger partial charge >= 0.3 is 0 Å². The molecule has 6 heteroatoms. The Morgan fingerprint density at radius 1 is 0.833 bits per heavy atom. The highest BCUT2D eigenvalue weighted by atomic mass is 32.2. The number of aryl methyl sites for hydroxylation is 1. The topological polar surface area (TPSA) is 58.6 Å². The van der Waals surface area contributed by atoms with E-state index >= 15 is 0 Å². The maximum absolute atomic E-state index is 13.3. The first-order valence-corrected chi connectivity index (χ1v) is 10.2. The van der Waals surface area contributed by atoms with Crippen molar-refractivity contribution >= 4 is 35.0 Å². The maximum atomic E-state index is 13.3. The smallest absolute Gasteiger partial charge is 0.283 e. The number of thioether (sulfide) groups is 1. The molecule has 0 unspecified atom stereocenters. The third kappa shape index (κ3) is 3.82. The number of carbonyl (C=O) groups excluding carboxylic acids is 2. The summed E-state index contributed by atoms with van der Waals surface area (Å²) < 4.78 is 5.18. The van der Waals surface area contributed by atoms with Crippen molar-refractivity contribution in [2.45, 2.75) is 11.8 Å². The molecule has 0 saturated heterocycles. The molecule has 1 N–H and O–H groups in total. The predicted molar refractivity (Wildman–Crippen MR) is 120 cm³/mol. The molecule has 3 aromatic carbocycles. The Balaban J connectivity index is 1.74. The van der Waals surface area contributed by atoms with Crippen LogP contribution in [0, 0.1) is 6.92 Å². The Kier molecular flexibility index (Phi) is 5.59. The van der Waals surface area contributed by atoms with Gasteiger partial charge in [-0.25, -0.2) is 4.90 Å². The summed E-state index contributed by atoms with van der Waals surface area (Å²) in [5.41, 5.74) is 2.55. The van der Waals surface area contributed by atoms with Crippen molar-refractivity contribution in [3.63, 3.8) is 0 Å². The van der Waals surface area contributed by atoms with E-state index in [1.165, 1.54) is 16.7 Å². The van der Waals surface area contributed by atoms with Crippen LogP contribution in [0.5, 0.6) is 5.75 Å². The lowest BCUT2D eigenvalue weighted by Gasteiger charge is -2.16. The van der Waals surface area contributed by atoms with Crippen molar-refractivity contribution in [2.24, 2.45) is 0 Å². The highest BCUT2D eigenvalue weighted by Gasteiger charge is 2.40. The average molecular weight is 417 g/mol. The molecule has 2 amide bonds. The van der Waals surface area contributed by atoms with Crippen LogP contribution in [0.15, 0.2) is 94.4 Å². The van der Waals surface area contributed by atoms with E-state index in [9.17, 15) is 9.59 Å². The second kappa shape index (κ2) is 8.47. The van der Waals surface area contributed by atoms with E-state index in [0.29, 0.717) is 16.3 Å². The molecule has 0 bridgehead atoms. The molecule has 30 heavy (non-hydrogen) atoms. The van der Waals surface area contributed by atoms with Crippen LogP contribution in [0.3, 0.4) is 0 Å². The van der Waals surface area contributed by atoms with Gasteiger partial charge in [0.15, 0.2) is 0 Å². The fourth-order valence-corrected chi connectivity index (χ4v) is 4.08. The largest absolute Gasteiger partial charge is 0.497 e. The molecule has 0 atom stereocenters. The molecule has 1 aliphatic heterocycles. The third-order valence-corrected chi connectivity index (χ3v) is 5.83. The average Bonchev–Trinajstić information content (AvgIpc) is 3.00. The maximum Gasteiger partial charge on any atom is 0.283 e. The Bertz CT molecular complexity index is 1120. The second-order valence-electron chi connectivity index (χ2n) is 6.70. The number of anilines is 2. The molecule has 3 aromatic rings. The molecule has 0 aromatic heterocycles. The zero-order valence-electron chi connectivity index (χ0n) is 16.6. The van der Waals surface area contributed by atoms with Gasteiger partial charge in [0, 0.05) is 10.6 Å². The van der Waals surface area contributed by atoms with Gasteiger partial charge in [0.05, 0.1) is 12.8 Å². The Morgan fingerprint density at radius 3 is 2.17 bits per heavy atom. The Hall–Kier alpha value is -3.51. The van der Waals surface area contributed by atoms with Crippen LogP contribution >= 0.6 is 11.8 Å². The standard InChI is InChI=1S/C24H20N2O3S/c1-16-8-6-7-11-20(16)25-21-22(30-19-9-4-3-5-10-19)24(28)26(23(21)27)17-12-14-18(29-2)15-13-17/h3-15,25H,1-2H3. The predicted octanol–water partition coefficient (Wildman–Crippen LogP) is 4.99. The van der Waals surface area contributed by atoms with Crippen LogP contribution in [-0.4, -0.2) is 18.9 Å². The molecule has 0 radical (unpaired) electrons. The van der Waals surface area contributed by atoms with Crippen molar-refractivity contribution in [3.05, 3.63) is 95.0 Å². The molecule has 0 spiro atoms. The lowest BCUT2D eigenvalue weighted by molar-refractivity contribution is -0.120. The number of benzene rings is 3. The molecule has 4 rings (SSSR count). The summed E-state index contributed by atoms with van der Waals surface area (Å²) in [6, 6.07) is 24.1. The summed E-state index contributed by atoms with van der Waals surface area (Å²) in [4.78, 5) is 29.1. The molecule has 0 saturated carbocycles. The van der Waals surface area contributed by atoms with Gasteiger partial charge in [0.1, 0.15) is 16.4 Å². The van der Waals surface area contributed by atoms with Crippen LogP contribution in [0.1, 0.15) is 5.56 Å². The second-order valence-corrected chi connectivity index (χ2v) is 7.79. The van der Waals surface area contributed by atoms with Crippen LogP contribution < -0.4 is 15.0 Å². The number of amides is 2. The first-order valence-electron chi connectivity index (χ1n) is 9.41. The van der Waals surface area contributed by atoms with Crippen molar-refractivity contribution in [1.82, 2.24) is 0 Å². The summed E-state index contributed by atoms with van der Waals surface area (Å²) in [6.07, 6.45) is 0. The Labute approximate surface area is 179 Å². The molecule has 5 nitrogen and oxygen atoms in total. The molecular weight excluding hydrogens is 396 g/mol. The zero-order chi connectivity index (χ0) is 21.1. The highest BCUT2D eigenvalue weighted by molar-refractivity contribution is 8.04. The number of carbonyl (C=O) groups is 2. The van der Waals surface area contributed by atoms with Gasteiger partial charge in [-0.2, -0.15) is 0 Å². The Morgan fingerprint density at radius 2 is 1.50 bits per heavy atom. The van der Waals surface area contributed by atoms with E-state index in [2.05, 4.69) is 5.32 Å². The van der Waals surface area contributed by atoms with E-state index in [1.54, 1.807) is 31.4 Å². The number of methoxy groups -OCH3 is 1. The molecule has 0 aliphatic carbocycles. The van der Waals surface area contributed by atoms with Gasteiger partial charge in [-0.15, -0.1) is 0 Å². The SMILES string of the molecule is COc1ccc(N2C(=O)C(Nc3ccccc3C)=C(Sc3ccccc3)C2=O)cc1. The fourth-order valence-electron chi connectivity index (χ4n) is 3.13. The van der Waals surface area contributed by atoms with Crippen molar-refractivity contribution in [2.75, 3.05) is 17.3 Å². The van der Waals surface area contributed by atoms with Crippen LogP contribution in [0.25, 0.3) is 0 Å². The van der Waals surface area contributed by atoms with Gasteiger partial charge in [-0.05, 0) is 55.0 Å². The van der Waals surface area contributed by atoms with Crippen LogP contribution in [-0.2, 0) is 9.59 Å². The van der Waals surface area contributed by atoms with Gasteiger partial charge in [-0.1, -0.05) is 48.2 Å². The molecule has 1 aliphatic rings. The van der Waals surface area contributed by atoms with Gasteiger partial charge in [-0.3, -0.25) is 9.59 Å². The number of nitrogens with one attached hydrogen (secondary N) is 1. The lowest BCUT2D eigenvalue weighted by atomic mass is 10.2. The first-order chi connectivity index (χ1) is 14.6. The van der Waals surface area contributed by atoms with Gasteiger partial charge < -0.3 is 10.1 Å². The van der Waals surface area contributed by atoms with E-state index in [4.69, 9.17) is 4.74 Å². The summed E-state index contributed by atoms with van der Waals surface area (Å²) >= 11 is 1.28. The summed E-state index contributed by atoms with van der Waals surface area (Å²) in [5.74, 6) is -0.0788. The summed E-state index contributed by atoms with van der Waals surface area (Å²) in [6.45, 7) is 1.95. The van der Waals surface area contributed by atoms with Crippen molar-refractivity contribution < 1.29 is 14.3 Å². The van der Waals surface area contributed by atoms with Crippen molar-refractivity contribution in [3.8, 4) is 5.75 Å². The highest BCUT2D eigenvalue weighted by Crippen LogP contribution is 2.38. The van der Waals surface area contributed by atoms with Crippen LogP contribution in [0.4, 0.5) is 11.4 Å². The minimum absolute atomic E-state index is 0.277. The van der Waals surface area contributed by atoms with Crippen molar-refractivity contribution in [1.29, 1.82) is 0 Å². The quantitative estimate of drug-likeness (QED) is 0.574. The van der Waals surface area contributed by atoms with E-state index < -0.39 is 0 Å². The lowest BCUT2D eigenvalue weighted by Crippen LogP contribution is -2.32. The van der Waals surface area contributed by atoms with Gasteiger partial charge in [0.2, 0.25) is 0 Å². The normalized spacial score (nSPS) is 13.7. The number of ether oxygens (including phenoxy) is 1. The minimum Gasteiger partial charge on any atom is -0.497 e. The number of nitrogens with zero attached hydrogens (tertiary/aromatic N) is 1. The molecular formula is C24H20N2O3S. The fraction of sp³-hybridized carbons (Fsp3) is 0.0833. The monoisotopic (exact) mass is 416 g/mol. The molecule has 1 heterocycles. The first kappa shape index (κ1) is 19.8. The summed E-state index contributed by atoms with van der Waals surface area (Å²) in [7, 11) is 1.57. The van der Waals surface area contributed by atoms with Gasteiger partial charge in [0.25, 0.3) is 11.8 Å². The number of para-hydroxylation sites is 1.